The summed E-state index contributed by atoms with van der Waals surface area (Å²) in [6, 6.07) is 7.21. The first-order valence-electron chi connectivity index (χ1n) is 5.54. The molecule has 7 heteroatoms. The third-order valence-electron chi connectivity index (χ3n) is 2.46. The molecule has 19 heavy (non-hydrogen) atoms. The van der Waals surface area contributed by atoms with E-state index in [1.165, 1.54) is 0 Å². The molecule has 0 saturated carbocycles. The van der Waals surface area contributed by atoms with E-state index in [2.05, 4.69) is 15.3 Å². The number of ether oxygens (including phenoxy) is 1. The van der Waals surface area contributed by atoms with Crippen LogP contribution in [0.15, 0.2) is 30.5 Å². The highest BCUT2D eigenvalue weighted by Crippen LogP contribution is 2.30. The molecule has 0 aliphatic carbocycles. The van der Waals surface area contributed by atoms with Gasteiger partial charge in [0, 0.05) is 7.05 Å². The van der Waals surface area contributed by atoms with E-state index in [0.717, 1.165) is 11.8 Å². The van der Waals surface area contributed by atoms with Crippen LogP contribution >= 0.6 is 0 Å². The molecular formula is C12H12N4O3. The van der Waals surface area contributed by atoms with Crippen molar-refractivity contribution in [3.05, 3.63) is 46.1 Å². The number of rotatable bonds is 4. The van der Waals surface area contributed by atoms with Gasteiger partial charge in [0.05, 0.1) is 4.92 Å². The van der Waals surface area contributed by atoms with Crippen LogP contribution in [0.1, 0.15) is 5.56 Å². The van der Waals surface area contributed by atoms with E-state index < -0.39 is 4.92 Å². The Kier molecular flexibility index (Phi) is 3.56. The van der Waals surface area contributed by atoms with Gasteiger partial charge in [-0.3, -0.25) is 10.1 Å². The van der Waals surface area contributed by atoms with Gasteiger partial charge >= 0.3 is 11.6 Å². The predicted octanol–water partition coefficient (Wildman–Crippen LogP) is 2.53. The zero-order chi connectivity index (χ0) is 13.8. The Balaban J connectivity index is 2.43. The van der Waals surface area contributed by atoms with Crippen LogP contribution in [0.5, 0.6) is 11.6 Å². The number of nitro groups is 1. The predicted molar refractivity (Wildman–Crippen MR) is 69.5 cm³/mol. The maximum absolute atomic E-state index is 10.9. The molecule has 1 aromatic carbocycles. The van der Waals surface area contributed by atoms with E-state index in [0.29, 0.717) is 5.75 Å². The molecule has 0 saturated heterocycles. The Morgan fingerprint density at radius 2 is 2.11 bits per heavy atom. The van der Waals surface area contributed by atoms with Gasteiger partial charge in [-0.25, -0.2) is 4.98 Å². The van der Waals surface area contributed by atoms with Gasteiger partial charge in [-0.1, -0.05) is 18.2 Å². The van der Waals surface area contributed by atoms with Crippen molar-refractivity contribution in [2.24, 2.45) is 0 Å². The van der Waals surface area contributed by atoms with Gasteiger partial charge in [-0.2, -0.15) is 4.98 Å². The molecule has 0 atom stereocenters. The fourth-order valence-corrected chi connectivity index (χ4v) is 1.46. The van der Waals surface area contributed by atoms with Gasteiger partial charge in [0.15, 0.2) is 0 Å². The number of anilines is 1. The molecule has 0 aliphatic heterocycles. The summed E-state index contributed by atoms with van der Waals surface area (Å²) in [5.41, 5.74) is 0.587. The zero-order valence-corrected chi connectivity index (χ0v) is 10.5. The summed E-state index contributed by atoms with van der Waals surface area (Å²) in [4.78, 5) is 18.1. The van der Waals surface area contributed by atoms with E-state index in [1.807, 2.05) is 19.1 Å². The summed E-state index contributed by atoms with van der Waals surface area (Å²) >= 11 is 0. The summed E-state index contributed by atoms with van der Waals surface area (Å²) in [5.74, 6) is 0.694. The third-order valence-corrected chi connectivity index (χ3v) is 2.46. The highest BCUT2D eigenvalue weighted by Gasteiger charge is 2.19. The lowest BCUT2D eigenvalue weighted by Gasteiger charge is -2.08. The second-order valence-corrected chi connectivity index (χ2v) is 3.76. The second kappa shape index (κ2) is 5.30. The maximum Gasteiger partial charge on any atom is 0.349 e. The van der Waals surface area contributed by atoms with Crippen LogP contribution in [0.25, 0.3) is 0 Å². The minimum absolute atomic E-state index is 0.0846. The molecule has 2 rings (SSSR count). The number of aryl methyl sites for hydroxylation is 1. The van der Waals surface area contributed by atoms with E-state index >= 15 is 0 Å². The van der Waals surface area contributed by atoms with Gasteiger partial charge in [0.1, 0.15) is 11.9 Å². The molecule has 2 aromatic rings. The van der Waals surface area contributed by atoms with E-state index in [-0.39, 0.29) is 17.5 Å². The molecule has 0 fully saturated rings. The Morgan fingerprint density at radius 3 is 2.74 bits per heavy atom. The number of para-hydroxylation sites is 1. The summed E-state index contributed by atoms with van der Waals surface area (Å²) in [7, 11) is 1.62. The van der Waals surface area contributed by atoms with Crippen molar-refractivity contribution in [1.29, 1.82) is 0 Å². The quantitative estimate of drug-likeness (QED) is 0.671. The minimum atomic E-state index is -0.576. The highest BCUT2D eigenvalue weighted by molar-refractivity contribution is 5.46. The number of benzene rings is 1. The first-order valence-corrected chi connectivity index (χ1v) is 5.54. The summed E-state index contributed by atoms with van der Waals surface area (Å²) in [6.45, 7) is 1.85. The van der Waals surface area contributed by atoms with Gasteiger partial charge in [-0.15, -0.1) is 0 Å². The monoisotopic (exact) mass is 260 g/mol. The van der Waals surface area contributed by atoms with Crippen LogP contribution in [0.2, 0.25) is 0 Å². The molecule has 7 nitrogen and oxygen atoms in total. The Bertz CT molecular complexity index is 616. The van der Waals surface area contributed by atoms with Crippen LogP contribution in [0.4, 0.5) is 11.6 Å². The zero-order valence-electron chi connectivity index (χ0n) is 10.5. The third kappa shape index (κ3) is 2.76. The van der Waals surface area contributed by atoms with Gasteiger partial charge in [-0.05, 0) is 18.6 Å². The summed E-state index contributed by atoms with van der Waals surface area (Å²) < 4.78 is 5.51. The van der Waals surface area contributed by atoms with Crippen molar-refractivity contribution in [2.75, 3.05) is 12.4 Å². The normalized spacial score (nSPS) is 10.0. The van der Waals surface area contributed by atoms with Crippen LogP contribution in [0.3, 0.4) is 0 Å². The molecule has 0 spiro atoms. The van der Waals surface area contributed by atoms with Gasteiger partial charge in [0.25, 0.3) is 0 Å². The second-order valence-electron chi connectivity index (χ2n) is 3.76. The first kappa shape index (κ1) is 12.7. The topological polar surface area (TPSA) is 90.2 Å². The molecule has 98 valence electrons. The fourth-order valence-electron chi connectivity index (χ4n) is 1.46. The number of nitrogens with zero attached hydrogens (tertiary/aromatic N) is 3. The summed E-state index contributed by atoms with van der Waals surface area (Å²) in [5, 5.41) is 13.6. The lowest BCUT2D eigenvalue weighted by Crippen LogP contribution is -2.02. The van der Waals surface area contributed by atoms with Crippen molar-refractivity contribution in [3.63, 3.8) is 0 Å². The van der Waals surface area contributed by atoms with Crippen LogP contribution in [-0.4, -0.2) is 21.9 Å². The Labute approximate surface area is 109 Å². The largest absolute Gasteiger partial charge is 0.433 e. The Hall–Kier alpha value is -2.70. The number of aromatic nitrogens is 2. The SMILES string of the molecule is CNc1ncc([N+](=O)[O-])c(Oc2ccccc2C)n1. The van der Waals surface area contributed by atoms with Crippen LogP contribution in [-0.2, 0) is 0 Å². The first-order chi connectivity index (χ1) is 9.11. The minimum Gasteiger partial charge on any atom is -0.433 e. The number of nitrogens with one attached hydrogen (secondary N) is 1. The molecule has 1 aromatic heterocycles. The number of hydrogen-bond acceptors (Lipinski definition) is 6. The van der Waals surface area contributed by atoms with Crippen molar-refractivity contribution < 1.29 is 9.66 Å². The smallest absolute Gasteiger partial charge is 0.349 e. The molecule has 1 heterocycles. The highest BCUT2D eigenvalue weighted by atomic mass is 16.6. The number of hydrogen-bond donors (Lipinski definition) is 1. The molecule has 0 amide bonds. The van der Waals surface area contributed by atoms with Gasteiger partial charge < -0.3 is 10.1 Å². The fraction of sp³-hybridized carbons (Fsp3) is 0.167. The molecule has 0 aliphatic rings. The average Bonchev–Trinajstić information content (AvgIpc) is 2.41. The van der Waals surface area contributed by atoms with Gasteiger partial charge in [0.2, 0.25) is 5.95 Å². The standard InChI is InChI=1S/C12H12N4O3/c1-8-5-3-4-6-10(8)19-11-9(16(17)18)7-14-12(13-2)15-11/h3-7H,1-2H3,(H,13,14,15). The molecule has 0 radical (unpaired) electrons. The summed E-state index contributed by atoms with van der Waals surface area (Å²) in [6.07, 6.45) is 1.12. The molecule has 1 N–H and O–H groups in total. The van der Waals surface area contributed by atoms with Crippen molar-refractivity contribution in [1.82, 2.24) is 9.97 Å². The molecule has 0 bridgehead atoms. The van der Waals surface area contributed by atoms with E-state index in [4.69, 9.17) is 4.74 Å². The lowest BCUT2D eigenvalue weighted by atomic mass is 10.2. The Morgan fingerprint density at radius 1 is 1.37 bits per heavy atom. The molecular weight excluding hydrogens is 248 g/mol. The van der Waals surface area contributed by atoms with E-state index in [9.17, 15) is 10.1 Å². The maximum atomic E-state index is 10.9. The van der Waals surface area contributed by atoms with Crippen LogP contribution < -0.4 is 10.1 Å². The average molecular weight is 260 g/mol. The van der Waals surface area contributed by atoms with Crippen molar-refractivity contribution in [2.45, 2.75) is 6.92 Å². The molecule has 0 unspecified atom stereocenters. The van der Waals surface area contributed by atoms with Crippen molar-refractivity contribution >= 4 is 11.6 Å². The van der Waals surface area contributed by atoms with Crippen LogP contribution in [0, 0.1) is 17.0 Å². The lowest BCUT2D eigenvalue weighted by molar-refractivity contribution is -0.386. The van der Waals surface area contributed by atoms with Crippen molar-refractivity contribution in [3.8, 4) is 11.6 Å². The van der Waals surface area contributed by atoms with E-state index in [1.54, 1.807) is 19.2 Å².